The lowest BCUT2D eigenvalue weighted by Crippen LogP contribution is -2.30. The molecule has 0 aromatic heterocycles. The van der Waals surface area contributed by atoms with Gasteiger partial charge in [0, 0.05) is 6.61 Å². The van der Waals surface area contributed by atoms with Crippen LogP contribution < -0.4 is 0 Å². The summed E-state index contributed by atoms with van der Waals surface area (Å²) >= 11 is 0. The molecule has 0 aromatic rings. The van der Waals surface area contributed by atoms with E-state index in [2.05, 4.69) is 4.74 Å². The fourth-order valence-corrected chi connectivity index (χ4v) is 1.12. The lowest BCUT2D eigenvalue weighted by atomic mass is 10.2. The number of carbonyl (C=O) groups excluding carboxylic acids is 1. The van der Waals surface area contributed by atoms with Crippen molar-refractivity contribution < 1.29 is 24.2 Å². The molecule has 1 rings (SSSR count). The fraction of sp³-hybridized carbons (Fsp3) is 0.800. The third-order valence-electron chi connectivity index (χ3n) is 2.20. The molecule has 1 saturated carbocycles. The Morgan fingerprint density at radius 2 is 2.13 bits per heavy atom. The molecular weight excluding hydrogens is 200 g/mol. The van der Waals surface area contributed by atoms with Crippen LogP contribution >= 0.6 is 0 Å². The highest BCUT2D eigenvalue weighted by molar-refractivity contribution is 5.94. The lowest BCUT2D eigenvalue weighted by molar-refractivity contribution is -0.161. The van der Waals surface area contributed by atoms with Crippen molar-refractivity contribution in [3.63, 3.8) is 0 Å². The van der Waals surface area contributed by atoms with Gasteiger partial charge in [0.2, 0.25) is 0 Å². The van der Waals surface area contributed by atoms with Crippen LogP contribution in [0.15, 0.2) is 0 Å². The molecule has 0 amide bonds. The average Bonchev–Trinajstić information content (AvgIpc) is 2.95. The van der Waals surface area contributed by atoms with Crippen molar-refractivity contribution in [1.82, 2.24) is 0 Å². The third-order valence-corrected chi connectivity index (χ3v) is 2.20. The van der Waals surface area contributed by atoms with Gasteiger partial charge in [-0.1, -0.05) is 0 Å². The van der Waals surface area contributed by atoms with Crippen LogP contribution in [-0.4, -0.2) is 36.9 Å². The van der Waals surface area contributed by atoms with Gasteiger partial charge in [-0.2, -0.15) is 0 Å². The van der Waals surface area contributed by atoms with Gasteiger partial charge in [-0.05, 0) is 25.7 Å². The van der Waals surface area contributed by atoms with Crippen molar-refractivity contribution in [3.8, 4) is 0 Å². The zero-order chi connectivity index (χ0) is 11.3. The Morgan fingerprint density at radius 3 is 2.60 bits per heavy atom. The second-order valence-corrected chi connectivity index (χ2v) is 3.62. The second-order valence-electron chi connectivity index (χ2n) is 3.62. The van der Waals surface area contributed by atoms with Crippen molar-refractivity contribution in [2.24, 2.45) is 11.8 Å². The van der Waals surface area contributed by atoms with E-state index in [9.17, 15) is 9.59 Å². The number of rotatable bonds is 7. The zero-order valence-corrected chi connectivity index (χ0v) is 8.77. The summed E-state index contributed by atoms with van der Waals surface area (Å²) in [6.07, 6.45) is 2.27. The Labute approximate surface area is 88.4 Å². The van der Waals surface area contributed by atoms with Crippen LogP contribution in [0.4, 0.5) is 0 Å². The quantitative estimate of drug-likeness (QED) is 0.500. The predicted molar refractivity (Wildman–Crippen MR) is 51.3 cm³/mol. The first kappa shape index (κ1) is 12.0. The Kier molecular flexibility index (Phi) is 4.55. The number of ether oxygens (including phenoxy) is 2. The highest BCUT2D eigenvalue weighted by atomic mass is 16.5. The van der Waals surface area contributed by atoms with E-state index in [4.69, 9.17) is 9.84 Å². The van der Waals surface area contributed by atoms with E-state index in [0.717, 1.165) is 12.8 Å². The van der Waals surface area contributed by atoms with Crippen LogP contribution in [0.3, 0.4) is 0 Å². The van der Waals surface area contributed by atoms with Gasteiger partial charge in [0.1, 0.15) is 0 Å². The third kappa shape index (κ3) is 4.29. The summed E-state index contributed by atoms with van der Waals surface area (Å²) < 4.78 is 9.81. The molecular formula is C10H16O5. The minimum atomic E-state index is -1.19. The molecule has 0 aromatic carbocycles. The van der Waals surface area contributed by atoms with Gasteiger partial charge in [-0.15, -0.1) is 0 Å². The molecule has 0 aliphatic heterocycles. The van der Waals surface area contributed by atoms with E-state index in [-0.39, 0.29) is 13.2 Å². The molecule has 0 bridgehead atoms. The van der Waals surface area contributed by atoms with Crippen LogP contribution in [0.5, 0.6) is 0 Å². The van der Waals surface area contributed by atoms with Crippen LogP contribution in [0.2, 0.25) is 0 Å². The van der Waals surface area contributed by atoms with Crippen LogP contribution in [0.1, 0.15) is 19.8 Å². The van der Waals surface area contributed by atoms with E-state index in [0.29, 0.717) is 12.5 Å². The summed E-state index contributed by atoms with van der Waals surface area (Å²) in [6, 6.07) is 0. The van der Waals surface area contributed by atoms with Gasteiger partial charge in [0.25, 0.3) is 0 Å². The molecule has 1 unspecified atom stereocenters. The smallest absolute Gasteiger partial charge is 0.322 e. The van der Waals surface area contributed by atoms with E-state index < -0.39 is 17.9 Å². The summed E-state index contributed by atoms with van der Waals surface area (Å²) in [5.41, 5.74) is 0. The molecule has 86 valence electrons. The molecule has 0 saturated heterocycles. The minimum Gasteiger partial charge on any atom is -0.481 e. The molecule has 5 nitrogen and oxygen atoms in total. The number of aliphatic carboxylic acids is 1. The fourth-order valence-electron chi connectivity index (χ4n) is 1.12. The summed E-state index contributed by atoms with van der Waals surface area (Å²) in [6.45, 7) is 2.28. The van der Waals surface area contributed by atoms with Gasteiger partial charge in [0.05, 0.1) is 13.2 Å². The van der Waals surface area contributed by atoms with Crippen LogP contribution in [0.25, 0.3) is 0 Å². The molecule has 1 atom stereocenters. The number of hydrogen-bond donors (Lipinski definition) is 1. The highest BCUT2D eigenvalue weighted by Crippen LogP contribution is 2.28. The molecule has 0 radical (unpaired) electrons. The minimum absolute atomic E-state index is 0.0926. The SMILES string of the molecule is CCOC(=O)C(COCC1CC1)C(=O)O. The molecule has 1 aliphatic rings. The molecule has 0 spiro atoms. The summed E-state index contributed by atoms with van der Waals surface area (Å²) in [4.78, 5) is 21.9. The highest BCUT2D eigenvalue weighted by Gasteiger charge is 2.29. The summed E-state index contributed by atoms with van der Waals surface area (Å²) in [7, 11) is 0. The largest absolute Gasteiger partial charge is 0.481 e. The Bertz CT molecular complexity index is 234. The second kappa shape index (κ2) is 5.70. The molecule has 1 fully saturated rings. The number of carbonyl (C=O) groups is 2. The average molecular weight is 216 g/mol. The van der Waals surface area contributed by atoms with Gasteiger partial charge in [-0.3, -0.25) is 9.59 Å². The van der Waals surface area contributed by atoms with E-state index in [1.54, 1.807) is 6.92 Å². The van der Waals surface area contributed by atoms with E-state index in [1.165, 1.54) is 0 Å². The number of esters is 1. The molecule has 15 heavy (non-hydrogen) atoms. The first-order chi connectivity index (χ1) is 7.15. The predicted octanol–water partition coefficient (Wildman–Crippen LogP) is 0.677. The van der Waals surface area contributed by atoms with Gasteiger partial charge < -0.3 is 14.6 Å². The molecule has 1 aliphatic carbocycles. The van der Waals surface area contributed by atoms with Gasteiger partial charge >= 0.3 is 11.9 Å². The normalized spacial score (nSPS) is 17.1. The first-order valence-corrected chi connectivity index (χ1v) is 5.12. The van der Waals surface area contributed by atoms with Crippen molar-refractivity contribution in [2.75, 3.05) is 19.8 Å². The summed E-state index contributed by atoms with van der Waals surface area (Å²) in [5, 5.41) is 8.77. The van der Waals surface area contributed by atoms with Crippen molar-refractivity contribution in [3.05, 3.63) is 0 Å². The number of hydrogen-bond acceptors (Lipinski definition) is 4. The van der Waals surface area contributed by atoms with Crippen LogP contribution in [0, 0.1) is 11.8 Å². The lowest BCUT2D eigenvalue weighted by Gasteiger charge is -2.11. The maximum Gasteiger partial charge on any atom is 0.322 e. The summed E-state index contributed by atoms with van der Waals surface area (Å²) in [5.74, 6) is -2.55. The number of carboxylic acid groups (broad SMARTS) is 1. The van der Waals surface area contributed by atoms with E-state index in [1.807, 2.05) is 0 Å². The Hall–Kier alpha value is -1.10. The molecule has 1 N–H and O–H groups in total. The monoisotopic (exact) mass is 216 g/mol. The van der Waals surface area contributed by atoms with Crippen LogP contribution in [-0.2, 0) is 19.1 Å². The van der Waals surface area contributed by atoms with Crippen molar-refractivity contribution in [2.45, 2.75) is 19.8 Å². The first-order valence-electron chi connectivity index (χ1n) is 5.12. The van der Waals surface area contributed by atoms with Gasteiger partial charge in [-0.25, -0.2) is 0 Å². The van der Waals surface area contributed by atoms with Crippen molar-refractivity contribution in [1.29, 1.82) is 0 Å². The topological polar surface area (TPSA) is 72.8 Å². The molecule has 0 heterocycles. The zero-order valence-electron chi connectivity index (χ0n) is 8.77. The molecule has 5 heteroatoms. The Morgan fingerprint density at radius 1 is 1.47 bits per heavy atom. The van der Waals surface area contributed by atoms with Gasteiger partial charge in [0.15, 0.2) is 5.92 Å². The van der Waals surface area contributed by atoms with E-state index >= 15 is 0 Å². The maximum absolute atomic E-state index is 11.2. The maximum atomic E-state index is 11.2. The van der Waals surface area contributed by atoms with Crippen molar-refractivity contribution >= 4 is 11.9 Å². The standard InChI is InChI=1S/C10H16O5/c1-2-15-10(13)8(9(11)12)6-14-5-7-3-4-7/h7-8H,2-6H2,1H3,(H,11,12). The Balaban J connectivity index is 2.27. The number of carboxylic acids is 1.